The Morgan fingerprint density at radius 2 is 2.04 bits per heavy atom. The third-order valence-electron chi connectivity index (χ3n) is 3.25. The van der Waals surface area contributed by atoms with Crippen molar-refractivity contribution >= 4 is 41.1 Å². The second-order valence-electron chi connectivity index (χ2n) is 5.21. The molecule has 128 valence electrons. The summed E-state index contributed by atoms with van der Waals surface area (Å²) in [4.78, 5) is 20.4. The number of aromatic nitrogens is 4. The van der Waals surface area contributed by atoms with Crippen LogP contribution in [0.15, 0.2) is 23.3 Å². The lowest BCUT2D eigenvalue weighted by atomic mass is 10.2. The molecule has 1 amide bonds. The van der Waals surface area contributed by atoms with Crippen molar-refractivity contribution < 1.29 is 9.90 Å². The van der Waals surface area contributed by atoms with Crippen molar-refractivity contribution in [2.24, 2.45) is 5.10 Å². The number of aryl methyl sites for hydroxylation is 2. The fourth-order valence-electron chi connectivity index (χ4n) is 2.16. The summed E-state index contributed by atoms with van der Waals surface area (Å²) >= 11 is 11.7. The minimum Gasteiger partial charge on any atom is -0.506 e. The molecule has 2 aromatic heterocycles. The summed E-state index contributed by atoms with van der Waals surface area (Å²) in [6.07, 6.45) is 1.22. The predicted molar refractivity (Wildman–Crippen MR) is 93.4 cm³/mol. The third-order valence-corrected chi connectivity index (χ3v) is 3.76. The molecule has 2 heterocycles. The zero-order valence-electron chi connectivity index (χ0n) is 13.2. The van der Waals surface area contributed by atoms with E-state index in [2.05, 4.69) is 25.6 Å². The van der Waals surface area contributed by atoms with Crippen molar-refractivity contribution in [3.05, 3.63) is 51.0 Å². The average molecular weight is 379 g/mol. The molecule has 3 rings (SSSR count). The zero-order valence-corrected chi connectivity index (χ0v) is 14.7. The Kier molecular flexibility index (Phi) is 4.56. The summed E-state index contributed by atoms with van der Waals surface area (Å²) in [5, 5.41) is 18.1. The summed E-state index contributed by atoms with van der Waals surface area (Å²) in [5.41, 5.74) is 4.11. The number of amides is 1. The van der Waals surface area contributed by atoms with Gasteiger partial charge in [0.05, 0.1) is 11.2 Å². The van der Waals surface area contributed by atoms with Gasteiger partial charge < -0.3 is 5.11 Å². The van der Waals surface area contributed by atoms with Crippen LogP contribution in [0.1, 0.15) is 27.6 Å². The van der Waals surface area contributed by atoms with Crippen LogP contribution in [0.5, 0.6) is 5.75 Å². The van der Waals surface area contributed by atoms with Crippen molar-refractivity contribution in [2.45, 2.75) is 13.8 Å². The maximum atomic E-state index is 12.1. The molecule has 0 saturated heterocycles. The summed E-state index contributed by atoms with van der Waals surface area (Å²) in [5.74, 6) is -0.561. The number of phenols is 1. The summed E-state index contributed by atoms with van der Waals surface area (Å²) in [7, 11) is 0. The number of benzene rings is 1. The Hall–Kier alpha value is -2.71. The largest absolute Gasteiger partial charge is 0.506 e. The Labute approximate surface area is 152 Å². The first-order valence-electron chi connectivity index (χ1n) is 7.07. The fourth-order valence-corrected chi connectivity index (χ4v) is 2.67. The number of aromatic hydroxyl groups is 1. The van der Waals surface area contributed by atoms with Gasteiger partial charge in [0, 0.05) is 22.0 Å². The lowest BCUT2D eigenvalue weighted by molar-refractivity contribution is 0.0945. The van der Waals surface area contributed by atoms with Gasteiger partial charge in [-0.05, 0) is 32.0 Å². The van der Waals surface area contributed by atoms with Crippen LogP contribution in [0.25, 0.3) is 5.78 Å². The number of rotatable bonds is 3. The van der Waals surface area contributed by atoms with Gasteiger partial charge in [-0.25, -0.2) is 14.9 Å². The molecule has 0 saturated carbocycles. The highest BCUT2D eigenvalue weighted by Gasteiger charge is 2.14. The standard InChI is InChI=1S/C15H12Cl2N6O2/c1-7-3-8(2)23-15(19-7)20-13(22-23)14(25)21-18-6-9-4-10(16)5-11(17)12(9)24/h3-6,24H,1-2H3,(H,21,25). The minimum absolute atomic E-state index is 0.0771. The van der Waals surface area contributed by atoms with Crippen LogP contribution < -0.4 is 5.43 Å². The monoisotopic (exact) mass is 378 g/mol. The maximum absolute atomic E-state index is 12.1. The second-order valence-corrected chi connectivity index (χ2v) is 6.05. The molecule has 0 aliphatic carbocycles. The molecular weight excluding hydrogens is 367 g/mol. The zero-order chi connectivity index (χ0) is 18.1. The Balaban J connectivity index is 1.80. The highest BCUT2D eigenvalue weighted by molar-refractivity contribution is 6.36. The van der Waals surface area contributed by atoms with Crippen molar-refractivity contribution in [3.8, 4) is 5.75 Å². The molecule has 0 unspecified atom stereocenters. The quantitative estimate of drug-likeness (QED) is 0.538. The summed E-state index contributed by atoms with van der Waals surface area (Å²) < 4.78 is 1.47. The topological polar surface area (TPSA) is 105 Å². The molecule has 0 spiro atoms. The number of hydrogen-bond donors (Lipinski definition) is 2. The van der Waals surface area contributed by atoms with Crippen molar-refractivity contribution in [3.63, 3.8) is 0 Å². The Bertz CT molecular complexity index is 1010. The van der Waals surface area contributed by atoms with Crippen molar-refractivity contribution in [2.75, 3.05) is 0 Å². The SMILES string of the molecule is Cc1cc(C)n2nc(C(=O)NN=Cc3cc(Cl)cc(Cl)c3O)nc2n1. The van der Waals surface area contributed by atoms with E-state index in [-0.39, 0.29) is 22.2 Å². The summed E-state index contributed by atoms with van der Waals surface area (Å²) in [6.45, 7) is 3.66. The molecule has 0 radical (unpaired) electrons. The van der Waals surface area contributed by atoms with Crippen molar-refractivity contribution in [1.82, 2.24) is 25.0 Å². The molecule has 10 heteroatoms. The van der Waals surface area contributed by atoms with E-state index in [9.17, 15) is 9.90 Å². The highest BCUT2D eigenvalue weighted by atomic mass is 35.5. The van der Waals surface area contributed by atoms with Crippen LogP contribution in [-0.4, -0.2) is 36.8 Å². The molecule has 0 atom stereocenters. The number of nitrogens with one attached hydrogen (secondary N) is 1. The molecule has 0 aliphatic heterocycles. The van der Waals surface area contributed by atoms with Gasteiger partial charge in [0.15, 0.2) is 0 Å². The minimum atomic E-state index is -0.619. The molecule has 2 N–H and O–H groups in total. The number of fused-ring (bicyclic) bond motifs is 1. The molecule has 0 bridgehead atoms. The maximum Gasteiger partial charge on any atom is 0.311 e. The molecular formula is C15H12Cl2N6O2. The van der Waals surface area contributed by atoms with Gasteiger partial charge in [0.1, 0.15) is 5.75 Å². The van der Waals surface area contributed by atoms with E-state index < -0.39 is 5.91 Å². The van der Waals surface area contributed by atoms with E-state index in [1.807, 2.05) is 19.9 Å². The molecule has 0 aliphatic rings. The Morgan fingerprint density at radius 3 is 2.80 bits per heavy atom. The second kappa shape index (κ2) is 6.66. The molecule has 25 heavy (non-hydrogen) atoms. The number of hydrazone groups is 1. The summed E-state index contributed by atoms with van der Waals surface area (Å²) in [6, 6.07) is 4.68. The fraction of sp³-hybridized carbons (Fsp3) is 0.133. The molecule has 3 aromatic rings. The molecule has 1 aromatic carbocycles. The first kappa shape index (κ1) is 17.1. The van der Waals surface area contributed by atoms with E-state index in [4.69, 9.17) is 23.2 Å². The number of carbonyl (C=O) groups is 1. The number of phenolic OH excluding ortho intramolecular Hbond substituents is 1. The lowest BCUT2D eigenvalue weighted by Gasteiger charge is -2.02. The van der Waals surface area contributed by atoms with Gasteiger partial charge in [-0.1, -0.05) is 23.2 Å². The number of halogens is 2. The molecule has 8 nitrogen and oxygen atoms in total. The number of nitrogens with zero attached hydrogens (tertiary/aromatic N) is 5. The lowest BCUT2D eigenvalue weighted by Crippen LogP contribution is -2.19. The highest BCUT2D eigenvalue weighted by Crippen LogP contribution is 2.29. The van der Waals surface area contributed by atoms with Crippen LogP contribution in [0, 0.1) is 13.8 Å². The van der Waals surface area contributed by atoms with Gasteiger partial charge in [-0.3, -0.25) is 4.79 Å². The third kappa shape index (κ3) is 3.54. The predicted octanol–water partition coefficient (Wildman–Crippen LogP) is 2.52. The average Bonchev–Trinajstić information content (AvgIpc) is 2.96. The number of carbonyl (C=O) groups excluding carboxylic acids is 1. The van der Waals surface area contributed by atoms with Gasteiger partial charge >= 0.3 is 5.91 Å². The van der Waals surface area contributed by atoms with Crippen LogP contribution in [0.2, 0.25) is 10.0 Å². The van der Waals surface area contributed by atoms with Crippen molar-refractivity contribution in [1.29, 1.82) is 0 Å². The smallest absolute Gasteiger partial charge is 0.311 e. The normalized spacial score (nSPS) is 11.4. The first-order valence-corrected chi connectivity index (χ1v) is 7.83. The van der Waals surface area contributed by atoms with E-state index in [0.717, 1.165) is 11.4 Å². The van der Waals surface area contributed by atoms with E-state index in [1.165, 1.54) is 22.9 Å². The van der Waals surface area contributed by atoms with Gasteiger partial charge in [0.2, 0.25) is 5.82 Å². The van der Waals surface area contributed by atoms with E-state index >= 15 is 0 Å². The van der Waals surface area contributed by atoms with Crippen LogP contribution in [0.3, 0.4) is 0 Å². The van der Waals surface area contributed by atoms with E-state index in [0.29, 0.717) is 10.8 Å². The van der Waals surface area contributed by atoms with E-state index in [1.54, 1.807) is 0 Å². The number of hydrogen-bond acceptors (Lipinski definition) is 6. The van der Waals surface area contributed by atoms with Crippen LogP contribution in [-0.2, 0) is 0 Å². The van der Waals surface area contributed by atoms with Gasteiger partial charge in [-0.2, -0.15) is 10.1 Å². The van der Waals surface area contributed by atoms with Crippen LogP contribution >= 0.6 is 23.2 Å². The Morgan fingerprint density at radius 1 is 1.28 bits per heavy atom. The van der Waals surface area contributed by atoms with Gasteiger partial charge in [-0.15, -0.1) is 5.10 Å². The van der Waals surface area contributed by atoms with Crippen LogP contribution in [0.4, 0.5) is 0 Å². The molecule has 0 fully saturated rings. The first-order chi connectivity index (χ1) is 11.8. The van der Waals surface area contributed by atoms with Gasteiger partial charge in [0.25, 0.3) is 5.78 Å².